The molecule has 19 heavy (non-hydrogen) atoms. The summed E-state index contributed by atoms with van der Waals surface area (Å²) in [5, 5.41) is 2.45. The van der Waals surface area contributed by atoms with Gasteiger partial charge in [-0.2, -0.15) is 0 Å². The van der Waals surface area contributed by atoms with Crippen molar-refractivity contribution in [3.05, 3.63) is 64.4 Å². The molecule has 0 fully saturated rings. The van der Waals surface area contributed by atoms with E-state index in [1.807, 2.05) is 13.1 Å². The molecule has 0 radical (unpaired) electrons. The lowest BCUT2D eigenvalue weighted by atomic mass is 9.99. The van der Waals surface area contributed by atoms with Gasteiger partial charge < -0.3 is 0 Å². The highest BCUT2D eigenvalue weighted by atomic mass is 79.9. The number of aryl methyl sites for hydroxylation is 2. The molecule has 0 amide bonds. The first-order valence-electron chi connectivity index (χ1n) is 6.27. The Morgan fingerprint density at radius 2 is 1.63 bits per heavy atom. The number of pyridine rings is 1. The summed E-state index contributed by atoms with van der Waals surface area (Å²) in [6.45, 7) is 4.15. The normalized spacial score (nSPS) is 10.9. The largest absolute Gasteiger partial charge is 0.260 e. The van der Waals surface area contributed by atoms with Crippen LogP contribution in [0.1, 0.15) is 11.3 Å². The monoisotopic (exact) mass is 311 g/mol. The van der Waals surface area contributed by atoms with Gasteiger partial charge >= 0.3 is 0 Å². The van der Waals surface area contributed by atoms with Gasteiger partial charge in [0, 0.05) is 27.3 Å². The average Bonchev–Trinajstić information content (AvgIpc) is 2.41. The molecule has 94 valence electrons. The Labute approximate surface area is 121 Å². The lowest BCUT2D eigenvalue weighted by molar-refractivity contribution is 1.24. The van der Waals surface area contributed by atoms with E-state index >= 15 is 0 Å². The zero-order valence-electron chi connectivity index (χ0n) is 10.9. The lowest BCUT2D eigenvalue weighted by Gasteiger charge is -2.09. The molecule has 0 aliphatic heterocycles. The summed E-state index contributed by atoms with van der Waals surface area (Å²) in [7, 11) is 0. The van der Waals surface area contributed by atoms with Crippen molar-refractivity contribution in [2.24, 2.45) is 0 Å². The summed E-state index contributed by atoms with van der Waals surface area (Å²) in [6.07, 6.45) is 1.97. The van der Waals surface area contributed by atoms with Crippen LogP contribution in [0.5, 0.6) is 0 Å². The summed E-state index contributed by atoms with van der Waals surface area (Å²) in [6, 6.07) is 15.0. The van der Waals surface area contributed by atoms with Crippen LogP contribution in [0.2, 0.25) is 0 Å². The SMILES string of the molecule is Cc1ccc(-c2cnc(C)c3cc(Br)ccc23)cc1. The molecule has 0 unspecified atom stereocenters. The average molecular weight is 312 g/mol. The number of nitrogens with zero attached hydrogens (tertiary/aromatic N) is 1. The van der Waals surface area contributed by atoms with Gasteiger partial charge in [0.15, 0.2) is 0 Å². The number of benzene rings is 2. The van der Waals surface area contributed by atoms with E-state index < -0.39 is 0 Å². The van der Waals surface area contributed by atoms with Crippen LogP contribution in [0.25, 0.3) is 21.9 Å². The molecular weight excluding hydrogens is 298 g/mol. The third kappa shape index (κ3) is 2.28. The van der Waals surface area contributed by atoms with E-state index in [9.17, 15) is 0 Å². The molecule has 2 heteroatoms. The van der Waals surface area contributed by atoms with Crippen LogP contribution in [0.15, 0.2) is 53.1 Å². The predicted molar refractivity (Wildman–Crippen MR) is 84.4 cm³/mol. The molecule has 0 saturated carbocycles. The Kier molecular flexibility index (Phi) is 3.11. The highest BCUT2D eigenvalue weighted by Gasteiger charge is 2.07. The number of halogens is 1. The molecule has 0 aliphatic rings. The fourth-order valence-corrected chi connectivity index (χ4v) is 2.68. The lowest BCUT2D eigenvalue weighted by Crippen LogP contribution is -1.89. The topological polar surface area (TPSA) is 12.9 Å². The fourth-order valence-electron chi connectivity index (χ4n) is 2.31. The molecular formula is C17H14BrN. The van der Waals surface area contributed by atoms with Crippen LogP contribution >= 0.6 is 15.9 Å². The van der Waals surface area contributed by atoms with Crippen LogP contribution in [-0.2, 0) is 0 Å². The highest BCUT2D eigenvalue weighted by Crippen LogP contribution is 2.31. The minimum absolute atomic E-state index is 1.06. The van der Waals surface area contributed by atoms with E-state index in [-0.39, 0.29) is 0 Å². The quantitative estimate of drug-likeness (QED) is 0.595. The summed E-state index contributed by atoms with van der Waals surface area (Å²) >= 11 is 3.53. The Morgan fingerprint density at radius 1 is 0.895 bits per heavy atom. The van der Waals surface area contributed by atoms with Crippen LogP contribution < -0.4 is 0 Å². The zero-order chi connectivity index (χ0) is 13.4. The first-order chi connectivity index (χ1) is 9.15. The summed E-state index contributed by atoms with van der Waals surface area (Å²) < 4.78 is 1.09. The zero-order valence-corrected chi connectivity index (χ0v) is 12.5. The van der Waals surface area contributed by atoms with Crippen molar-refractivity contribution in [3.8, 4) is 11.1 Å². The first kappa shape index (κ1) is 12.4. The van der Waals surface area contributed by atoms with Gasteiger partial charge in [0.2, 0.25) is 0 Å². The Bertz CT molecular complexity index is 745. The number of rotatable bonds is 1. The van der Waals surface area contributed by atoms with Crippen LogP contribution in [-0.4, -0.2) is 4.98 Å². The van der Waals surface area contributed by atoms with Crippen LogP contribution in [0, 0.1) is 13.8 Å². The Balaban J connectivity index is 2.30. The molecule has 0 atom stereocenters. The molecule has 2 aromatic carbocycles. The van der Waals surface area contributed by atoms with Crippen molar-refractivity contribution in [3.63, 3.8) is 0 Å². The van der Waals surface area contributed by atoms with E-state index in [1.165, 1.54) is 27.5 Å². The van der Waals surface area contributed by atoms with Crippen molar-refractivity contribution in [1.29, 1.82) is 0 Å². The molecule has 0 aliphatic carbocycles. The summed E-state index contributed by atoms with van der Waals surface area (Å²) in [4.78, 5) is 4.53. The molecule has 1 aromatic heterocycles. The summed E-state index contributed by atoms with van der Waals surface area (Å²) in [5.74, 6) is 0. The van der Waals surface area contributed by atoms with Gasteiger partial charge in [0.05, 0.1) is 0 Å². The minimum Gasteiger partial charge on any atom is -0.260 e. The minimum atomic E-state index is 1.06. The third-order valence-electron chi connectivity index (χ3n) is 3.41. The summed E-state index contributed by atoms with van der Waals surface area (Å²) in [5.41, 5.74) is 4.74. The van der Waals surface area contributed by atoms with Gasteiger partial charge in [-0.3, -0.25) is 4.98 Å². The number of fused-ring (bicyclic) bond motifs is 1. The number of hydrogen-bond donors (Lipinski definition) is 0. The second-order valence-electron chi connectivity index (χ2n) is 4.81. The van der Waals surface area contributed by atoms with Gasteiger partial charge in [-0.25, -0.2) is 0 Å². The van der Waals surface area contributed by atoms with E-state index in [4.69, 9.17) is 0 Å². The van der Waals surface area contributed by atoms with E-state index in [0.717, 1.165) is 10.2 Å². The molecule has 3 aromatic rings. The predicted octanol–water partition coefficient (Wildman–Crippen LogP) is 5.28. The smallest absolute Gasteiger partial charge is 0.0451 e. The molecule has 0 N–H and O–H groups in total. The molecule has 1 nitrogen and oxygen atoms in total. The number of aromatic nitrogens is 1. The van der Waals surface area contributed by atoms with E-state index in [0.29, 0.717) is 0 Å². The second kappa shape index (κ2) is 4.78. The maximum absolute atomic E-state index is 4.53. The molecule has 3 rings (SSSR count). The molecule has 1 heterocycles. The maximum atomic E-state index is 4.53. The van der Waals surface area contributed by atoms with E-state index in [2.05, 4.69) is 70.3 Å². The highest BCUT2D eigenvalue weighted by molar-refractivity contribution is 9.10. The Hall–Kier alpha value is -1.67. The fraction of sp³-hybridized carbons (Fsp3) is 0.118. The molecule has 0 spiro atoms. The Morgan fingerprint density at radius 3 is 2.37 bits per heavy atom. The van der Waals surface area contributed by atoms with Crippen molar-refractivity contribution < 1.29 is 0 Å². The van der Waals surface area contributed by atoms with E-state index in [1.54, 1.807) is 0 Å². The van der Waals surface area contributed by atoms with Gasteiger partial charge in [-0.05, 0) is 36.9 Å². The van der Waals surface area contributed by atoms with Crippen molar-refractivity contribution in [1.82, 2.24) is 4.98 Å². The molecule has 0 saturated heterocycles. The van der Waals surface area contributed by atoms with Crippen molar-refractivity contribution in [2.75, 3.05) is 0 Å². The van der Waals surface area contributed by atoms with Crippen molar-refractivity contribution in [2.45, 2.75) is 13.8 Å². The number of hydrogen-bond acceptors (Lipinski definition) is 1. The molecule has 0 bridgehead atoms. The first-order valence-corrected chi connectivity index (χ1v) is 7.06. The van der Waals surface area contributed by atoms with Crippen LogP contribution in [0.3, 0.4) is 0 Å². The van der Waals surface area contributed by atoms with Gasteiger partial charge in [-0.15, -0.1) is 0 Å². The second-order valence-corrected chi connectivity index (χ2v) is 5.73. The van der Waals surface area contributed by atoms with Crippen LogP contribution in [0.4, 0.5) is 0 Å². The maximum Gasteiger partial charge on any atom is 0.0451 e. The van der Waals surface area contributed by atoms with Gasteiger partial charge in [-0.1, -0.05) is 51.8 Å². The third-order valence-corrected chi connectivity index (χ3v) is 3.90. The van der Waals surface area contributed by atoms with Gasteiger partial charge in [0.1, 0.15) is 0 Å². The van der Waals surface area contributed by atoms with Gasteiger partial charge in [0.25, 0.3) is 0 Å². The standard InChI is InChI=1S/C17H14BrN/c1-11-3-5-13(6-4-11)17-10-19-12(2)16-9-14(18)7-8-15(16)17/h3-10H,1-2H3. The van der Waals surface area contributed by atoms with Crippen molar-refractivity contribution >= 4 is 26.7 Å².